The molecule has 0 radical (unpaired) electrons. The van der Waals surface area contributed by atoms with Crippen molar-refractivity contribution in [3.05, 3.63) is 130 Å². The molecule has 14 heteroatoms. The van der Waals surface area contributed by atoms with Crippen molar-refractivity contribution in [1.29, 1.82) is 0 Å². The first-order valence-corrected chi connectivity index (χ1v) is 14.5. The summed E-state index contributed by atoms with van der Waals surface area (Å²) in [5, 5.41) is 20.0. The number of rotatable bonds is 11. The van der Waals surface area contributed by atoms with Gasteiger partial charge in [0.25, 0.3) is 0 Å². The number of halogens is 4. The number of urea groups is 1. The van der Waals surface area contributed by atoms with E-state index in [1.165, 1.54) is 6.07 Å². The molecule has 1 unspecified atom stereocenters. The molecule has 1 fully saturated rings. The summed E-state index contributed by atoms with van der Waals surface area (Å²) in [6.07, 6.45) is 1.80. The lowest BCUT2D eigenvalue weighted by Crippen LogP contribution is -2.47. The number of hydrogen-bond donors (Lipinski definition) is 3. The van der Waals surface area contributed by atoms with Crippen LogP contribution in [0.2, 0.25) is 0 Å². The monoisotopic (exact) mass is 659 g/mol. The minimum atomic E-state index is -4.20. The number of aromatic nitrogens is 1. The highest BCUT2D eigenvalue weighted by Crippen LogP contribution is 2.46. The number of nitrogens with zero attached hydrogens (tertiary/aromatic N) is 5. The lowest BCUT2D eigenvalue weighted by molar-refractivity contribution is -0.193. The third-order valence-corrected chi connectivity index (χ3v) is 7.45. The van der Waals surface area contributed by atoms with Gasteiger partial charge in [0.05, 0.1) is 6.54 Å². The van der Waals surface area contributed by atoms with Crippen LogP contribution in [0, 0.1) is 23.5 Å². The van der Waals surface area contributed by atoms with Crippen LogP contribution in [-0.2, 0) is 24.7 Å². The van der Waals surface area contributed by atoms with Crippen LogP contribution in [0.4, 0.5) is 22.4 Å². The van der Waals surface area contributed by atoms with Crippen molar-refractivity contribution in [3.63, 3.8) is 0 Å². The molecule has 1 saturated heterocycles. The van der Waals surface area contributed by atoms with Crippen molar-refractivity contribution in [2.75, 3.05) is 19.6 Å². The van der Waals surface area contributed by atoms with Gasteiger partial charge in [-0.15, -0.1) is 5.11 Å². The van der Waals surface area contributed by atoms with Gasteiger partial charge in [-0.2, -0.15) is 8.78 Å². The van der Waals surface area contributed by atoms with E-state index >= 15 is 8.78 Å². The molecule has 1 aliphatic heterocycles. The number of ether oxygens (including phenoxy) is 1. The quantitative estimate of drug-likeness (QED) is 0.0387. The molecule has 0 saturated carbocycles. The van der Waals surface area contributed by atoms with E-state index in [1.807, 2.05) is 24.3 Å². The normalized spacial score (nSPS) is 14.5. The van der Waals surface area contributed by atoms with Crippen molar-refractivity contribution in [3.8, 4) is 17.6 Å². The van der Waals surface area contributed by atoms with Crippen LogP contribution in [0.1, 0.15) is 33.5 Å². The first-order valence-electron chi connectivity index (χ1n) is 14.5. The topological polar surface area (TPSA) is 138 Å². The molecule has 4 N–H and O–H groups in total. The van der Waals surface area contributed by atoms with Gasteiger partial charge in [-0.05, 0) is 59.7 Å². The lowest BCUT2D eigenvalue weighted by atomic mass is 9.84. The van der Waals surface area contributed by atoms with Gasteiger partial charge in [-0.25, -0.2) is 13.6 Å². The summed E-state index contributed by atoms with van der Waals surface area (Å²) in [5.41, 5.74) is -2.16. The number of carbonyl (C=O) groups excluding carboxylic acids is 1. The standard InChI is InChI=1S/C34H29F4N7O3/c35-27-10-13-29(30(36)17-27)33(47,21-40-22-43-44-39)34(37,38)31-14-9-24(18-42-31)2-1-23-7-11-28(12-8-23)48-20-26-5-3-25(4-6-26)19-45-16-15-41-32(45)46/h3-14,17-18,22,47H,15-16,19-21H2,(H,41,46)(H2,39,40,43). The Morgan fingerprint density at radius 3 is 2.35 bits per heavy atom. The molecule has 3 aromatic carbocycles. The van der Waals surface area contributed by atoms with Crippen LogP contribution in [0.15, 0.2) is 100 Å². The Morgan fingerprint density at radius 1 is 1.00 bits per heavy atom. The Kier molecular flexibility index (Phi) is 10.3. The van der Waals surface area contributed by atoms with E-state index in [-0.39, 0.29) is 6.03 Å². The van der Waals surface area contributed by atoms with Crippen LogP contribution < -0.4 is 15.9 Å². The highest BCUT2D eigenvalue weighted by Gasteiger charge is 2.57. The van der Waals surface area contributed by atoms with E-state index in [0.29, 0.717) is 61.6 Å². The van der Waals surface area contributed by atoms with E-state index in [2.05, 4.69) is 37.5 Å². The third-order valence-electron chi connectivity index (χ3n) is 7.45. The fraction of sp³-hybridized carbons (Fsp3) is 0.206. The number of hydrogen-bond acceptors (Lipinski definition) is 6. The molecular formula is C34H29F4N7O3. The van der Waals surface area contributed by atoms with E-state index < -0.39 is 41.0 Å². The summed E-state index contributed by atoms with van der Waals surface area (Å²) in [4.78, 5) is 20.8. The molecule has 1 atom stereocenters. The Labute approximate surface area is 273 Å². The zero-order valence-corrected chi connectivity index (χ0v) is 25.3. The molecular weight excluding hydrogens is 630 g/mol. The highest BCUT2D eigenvalue weighted by molar-refractivity contribution is 5.76. The van der Waals surface area contributed by atoms with Crippen molar-refractivity contribution in [2.45, 2.75) is 24.7 Å². The SMILES string of the molecule is NN=NC=NCC(O)(c1ccc(F)cc1F)C(F)(F)c1ccc(C#Cc2ccc(OCc3ccc(CN4CCNC4=O)cc3)cc2)cn1. The van der Waals surface area contributed by atoms with Crippen LogP contribution in [-0.4, -0.2) is 47.0 Å². The van der Waals surface area contributed by atoms with Gasteiger partial charge < -0.3 is 25.9 Å². The Balaban J connectivity index is 1.22. The van der Waals surface area contributed by atoms with Crippen LogP contribution in [0.5, 0.6) is 5.75 Å². The van der Waals surface area contributed by atoms with Crippen LogP contribution >= 0.6 is 0 Å². The maximum Gasteiger partial charge on any atom is 0.323 e. The average molecular weight is 660 g/mol. The van der Waals surface area contributed by atoms with Gasteiger partial charge in [0, 0.05) is 48.6 Å². The molecule has 0 spiro atoms. The van der Waals surface area contributed by atoms with Crippen molar-refractivity contribution in [2.24, 2.45) is 21.2 Å². The average Bonchev–Trinajstić information content (AvgIpc) is 3.49. The maximum atomic E-state index is 15.8. The van der Waals surface area contributed by atoms with Crippen LogP contribution in [0.3, 0.4) is 0 Å². The van der Waals surface area contributed by atoms with E-state index in [1.54, 1.807) is 29.2 Å². The van der Waals surface area contributed by atoms with Gasteiger partial charge in [0.2, 0.25) is 0 Å². The minimum Gasteiger partial charge on any atom is -0.489 e. The second-order valence-corrected chi connectivity index (χ2v) is 10.7. The molecule has 2 heterocycles. The summed E-state index contributed by atoms with van der Waals surface area (Å²) in [7, 11) is 0. The molecule has 0 aliphatic carbocycles. The third kappa shape index (κ3) is 7.76. The fourth-order valence-corrected chi connectivity index (χ4v) is 4.85. The van der Waals surface area contributed by atoms with Crippen molar-refractivity contribution in [1.82, 2.24) is 15.2 Å². The maximum absolute atomic E-state index is 15.8. The van der Waals surface area contributed by atoms with E-state index in [9.17, 15) is 18.7 Å². The molecule has 1 aromatic heterocycles. The number of amides is 2. The van der Waals surface area contributed by atoms with Gasteiger partial charge in [-0.1, -0.05) is 41.3 Å². The molecule has 5 rings (SSSR count). The van der Waals surface area contributed by atoms with Gasteiger partial charge in [0.15, 0.2) is 5.60 Å². The summed E-state index contributed by atoms with van der Waals surface area (Å²) < 4.78 is 65.6. The zero-order chi connectivity index (χ0) is 34.1. The summed E-state index contributed by atoms with van der Waals surface area (Å²) >= 11 is 0. The lowest BCUT2D eigenvalue weighted by Gasteiger charge is -2.34. The van der Waals surface area contributed by atoms with Gasteiger partial charge in [-0.3, -0.25) is 9.98 Å². The molecule has 4 aromatic rings. The molecule has 48 heavy (non-hydrogen) atoms. The predicted octanol–water partition coefficient (Wildman–Crippen LogP) is 5.20. The number of nitrogens with one attached hydrogen (secondary N) is 1. The summed E-state index contributed by atoms with van der Waals surface area (Å²) in [6.45, 7) is 1.15. The first kappa shape index (κ1) is 33.6. The summed E-state index contributed by atoms with van der Waals surface area (Å²) in [5.74, 6) is 4.63. The van der Waals surface area contributed by atoms with Gasteiger partial charge in [0.1, 0.15) is 36.0 Å². The fourth-order valence-electron chi connectivity index (χ4n) is 4.85. The zero-order valence-electron chi connectivity index (χ0n) is 25.3. The predicted molar refractivity (Wildman–Crippen MR) is 168 cm³/mol. The second-order valence-electron chi connectivity index (χ2n) is 10.7. The molecule has 1 aliphatic rings. The number of aliphatic hydroxyl groups is 1. The molecule has 2 amide bonds. The highest BCUT2D eigenvalue weighted by atomic mass is 19.3. The number of aliphatic imine (C=N–C) groups is 1. The Hall–Kier alpha value is -5.81. The first-order chi connectivity index (χ1) is 23.1. The molecule has 246 valence electrons. The van der Waals surface area contributed by atoms with Crippen molar-refractivity contribution >= 4 is 12.4 Å². The number of alkyl halides is 2. The van der Waals surface area contributed by atoms with Crippen LogP contribution in [0.25, 0.3) is 0 Å². The molecule has 10 nitrogen and oxygen atoms in total. The smallest absolute Gasteiger partial charge is 0.323 e. The second kappa shape index (κ2) is 14.7. The number of pyridine rings is 1. The summed E-state index contributed by atoms with van der Waals surface area (Å²) in [6, 6.07) is 18.8. The number of nitrogens with two attached hydrogens (primary N) is 1. The number of benzene rings is 3. The van der Waals surface area contributed by atoms with E-state index in [0.717, 1.165) is 29.5 Å². The van der Waals surface area contributed by atoms with E-state index in [4.69, 9.17) is 10.6 Å². The van der Waals surface area contributed by atoms with Crippen molar-refractivity contribution < 1.29 is 32.2 Å². The minimum absolute atomic E-state index is 0.0614. The van der Waals surface area contributed by atoms with Gasteiger partial charge >= 0.3 is 12.0 Å². The Morgan fingerprint density at radius 2 is 1.71 bits per heavy atom. The largest absolute Gasteiger partial charge is 0.489 e. The Bertz CT molecular complexity index is 1860. The molecule has 0 bridgehead atoms. The number of carbonyl (C=O) groups is 1.